The van der Waals surface area contributed by atoms with Crippen LogP contribution in [0.1, 0.15) is 9.67 Å². The fourth-order valence-corrected chi connectivity index (χ4v) is 4.41. The summed E-state index contributed by atoms with van der Waals surface area (Å²) in [5.74, 6) is -0.864. The predicted octanol–water partition coefficient (Wildman–Crippen LogP) is 2.36. The Balaban J connectivity index is 1.37. The van der Waals surface area contributed by atoms with E-state index in [-0.39, 0.29) is 24.9 Å². The van der Waals surface area contributed by atoms with Crippen molar-refractivity contribution in [2.24, 2.45) is 0 Å². The molecular formula is C19H20BrClN4O3S. The molecule has 3 amide bonds. The number of benzene rings is 1. The van der Waals surface area contributed by atoms with E-state index in [0.29, 0.717) is 36.1 Å². The number of carbonyl (C=O) groups is 3. The van der Waals surface area contributed by atoms with Crippen molar-refractivity contribution in [1.29, 1.82) is 0 Å². The first-order valence-electron chi connectivity index (χ1n) is 9.01. The van der Waals surface area contributed by atoms with Crippen LogP contribution < -0.4 is 15.5 Å². The highest BCUT2D eigenvalue weighted by molar-refractivity contribution is 9.11. The van der Waals surface area contributed by atoms with Crippen LogP contribution in [-0.2, 0) is 9.59 Å². The number of hydrogen-bond donors (Lipinski definition) is 2. The van der Waals surface area contributed by atoms with Gasteiger partial charge in [0.15, 0.2) is 0 Å². The number of piperazine rings is 1. The maximum Gasteiger partial charge on any atom is 0.261 e. The van der Waals surface area contributed by atoms with E-state index in [1.165, 1.54) is 11.3 Å². The van der Waals surface area contributed by atoms with Gasteiger partial charge in [0.05, 0.1) is 21.8 Å². The van der Waals surface area contributed by atoms with Crippen LogP contribution in [0.2, 0.25) is 5.02 Å². The highest BCUT2D eigenvalue weighted by Gasteiger charge is 2.21. The molecular weight excluding hydrogens is 480 g/mol. The zero-order chi connectivity index (χ0) is 20.8. The van der Waals surface area contributed by atoms with Gasteiger partial charge in [-0.1, -0.05) is 17.7 Å². The summed E-state index contributed by atoms with van der Waals surface area (Å²) in [7, 11) is 0. The van der Waals surface area contributed by atoms with Gasteiger partial charge in [0, 0.05) is 36.9 Å². The van der Waals surface area contributed by atoms with E-state index in [0.717, 1.165) is 9.47 Å². The molecule has 2 N–H and O–H groups in total. The van der Waals surface area contributed by atoms with Crippen molar-refractivity contribution in [3.05, 3.63) is 50.1 Å². The first-order valence-corrected chi connectivity index (χ1v) is 11.0. The lowest BCUT2D eigenvalue weighted by Gasteiger charge is -2.36. The Morgan fingerprint density at radius 2 is 1.79 bits per heavy atom. The SMILES string of the molecule is O=C(CNC(=O)c1ccc(Br)s1)NCC(=O)N1CCN(c2cccc(Cl)c2)CC1. The first-order chi connectivity index (χ1) is 13.9. The maximum absolute atomic E-state index is 12.3. The van der Waals surface area contributed by atoms with Crippen molar-refractivity contribution >= 4 is 62.3 Å². The molecule has 2 aromatic rings. The summed E-state index contributed by atoms with van der Waals surface area (Å²) in [5.41, 5.74) is 1.03. The summed E-state index contributed by atoms with van der Waals surface area (Å²) in [6.45, 7) is 2.29. The molecule has 0 unspecified atom stereocenters. The summed E-state index contributed by atoms with van der Waals surface area (Å²) >= 11 is 10.6. The van der Waals surface area contributed by atoms with Crippen LogP contribution in [0.5, 0.6) is 0 Å². The van der Waals surface area contributed by atoms with Crippen LogP contribution in [0.15, 0.2) is 40.2 Å². The number of amides is 3. The number of nitrogens with one attached hydrogen (secondary N) is 2. The van der Waals surface area contributed by atoms with Crippen molar-refractivity contribution in [2.45, 2.75) is 0 Å². The molecule has 0 radical (unpaired) electrons. The van der Waals surface area contributed by atoms with E-state index >= 15 is 0 Å². The third-order valence-electron chi connectivity index (χ3n) is 4.45. The molecule has 1 aliphatic heterocycles. The summed E-state index contributed by atoms with van der Waals surface area (Å²) in [6.07, 6.45) is 0. The normalized spacial score (nSPS) is 13.9. The first kappa shape index (κ1) is 21.6. The van der Waals surface area contributed by atoms with Gasteiger partial charge < -0.3 is 20.4 Å². The van der Waals surface area contributed by atoms with Gasteiger partial charge in [0.2, 0.25) is 11.8 Å². The molecule has 0 bridgehead atoms. The Hall–Kier alpha value is -2.10. The lowest BCUT2D eigenvalue weighted by atomic mass is 10.2. The van der Waals surface area contributed by atoms with E-state index in [4.69, 9.17) is 11.6 Å². The molecule has 2 heterocycles. The van der Waals surface area contributed by atoms with Crippen LogP contribution in [0, 0.1) is 0 Å². The van der Waals surface area contributed by atoms with E-state index in [9.17, 15) is 14.4 Å². The molecule has 3 rings (SSSR count). The average molecular weight is 500 g/mol. The predicted molar refractivity (Wildman–Crippen MR) is 118 cm³/mol. The van der Waals surface area contributed by atoms with Crippen molar-refractivity contribution in [3.63, 3.8) is 0 Å². The van der Waals surface area contributed by atoms with E-state index < -0.39 is 5.91 Å². The molecule has 1 saturated heterocycles. The highest BCUT2D eigenvalue weighted by Crippen LogP contribution is 2.22. The van der Waals surface area contributed by atoms with Gasteiger partial charge >= 0.3 is 0 Å². The van der Waals surface area contributed by atoms with Crippen LogP contribution >= 0.6 is 38.9 Å². The second-order valence-electron chi connectivity index (χ2n) is 6.41. The zero-order valence-electron chi connectivity index (χ0n) is 15.5. The quantitative estimate of drug-likeness (QED) is 0.639. The maximum atomic E-state index is 12.3. The molecule has 0 spiro atoms. The number of hydrogen-bond acceptors (Lipinski definition) is 5. The highest BCUT2D eigenvalue weighted by atomic mass is 79.9. The van der Waals surface area contributed by atoms with E-state index in [1.54, 1.807) is 17.0 Å². The Bertz CT molecular complexity index is 899. The van der Waals surface area contributed by atoms with Gasteiger partial charge in [-0.05, 0) is 46.3 Å². The summed E-state index contributed by atoms with van der Waals surface area (Å²) in [5, 5.41) is 5.78. The van der Waals surface area contributed by atoms with Crippen molar-refractivity contribution < 1.29 is 14.4 Å². The minimum Gasteiger partial charge on any atom is -0.368 e. The average Bonchev–Trinajstić information content (AvgIpc) is 3.16. The monoisotopic (exact) mass is 498 g/mol. The molecule has 154 valence electrons. The Morgan fingerprint density at radius 1 is 1.03 bits per heavy atom. The number of nitrogens with zero attached hydrogens (tertiary/aromatic N) is 2. The van der Waals surface area contributed by atoms with Gasteiger partial charge in [-0.15, -0.1) is 11.3 Å². The number of halogens is 2. The third-order valence-corrected chi connectivity index (χ3v) is 6.31. The molecule has 29 heavy (non-hydrogen) atoms. The molecule has 0 saturated carbocycles. The lowest BCUT2D eigenvalue weighted by Crippen LogP contribution is -2.51. The van der Waals surface area contributed by atoms with Gasteiger partial charge in [0.25, 0.3) is 5.91 Å². The minimum atomic E-state index is -0.403. The Labute approximate surface area is 186 Å². The van der Waals surface area contributed by atoms with E-state index in [2.05, 4.69) is 31.5 Å². The zero-order valence-corrected chi connectivity index (χ0v) is 18.6. The van der Waals surface area contributed by atoms with Crippen molar-refractivity contribution in [3.8, 4) is 0 Å². The fourth-order valence-electron chi connectivity index (χ4n) is 2.92. The Morgan fingerprint density at radius 3 is 2.45 bits per heavy atom. The van der Waals surface area contributed by atoms with Crippen LogP contribution in [-0.4, -0.2) is 61.9 Å². The topological polar surface area (TPSA) is 81.8 Å². The molecule has 0 atom stereocenters. The molecule has 10 heteroatoms. The smallest absolute Gasteiger partial charge is 0.261 e. The van der Waals surface area contributed by atoms with Gasteiger partial charge in [-0.2, -0.15) is 0 Å². The summed E-state index contributed by atoms with van der Waals surface area (Å²) in [6, 6.07) is 11.1. The number of rotatable bonds is 6. The fraction of sp³-hybridized carbons (Fsp3) is 0.316. The van der Waals surface area contributed by atoms with Crippen LogP contribution in [0.25, 0.3) is 0 Å². The van der Waals surface area contributed by atoms with Gasteiger partial charge in [-0.25, -0.2) is 0 Å². The Kier molecular flexibility index (Phi) is 7.51. The van der Waals surface area contributed by atoms with Crippen LogP contribution in [0.3, 0.4) is 0 Å². The molecule has 7 nitrogen and oxygen atoms in total. The lowest BCUT2D eigenvalue weighted by molar-refractivity contribution is -0.132. The second kappa shape index (κ2) is 10.1. The second-order valence-corrected chi connectivity index (χ2v) is 9.31. The van der Waals surface area contributed by atoms with Gasteiger partial charge in [-0.3, -0.25) is 14.4 Å². The molecule has 1 aromatic carbocycles. The molecule has 0 aliphatic carbocycles. The van der Waals surface area contributed by atoms with Crippen molar-refractivity contribution in [2.75, 3.05) is 44.2 Å². The molecule has 1 aromatic heterocycles. The van der Waals surface area contributed by atoms with Crippen LogP contribution in [0.4, 0.5) is 5.69 Å². The van der Waals surface area contributed by atoms with E-state index in [1.807, 2.05) is 24.3 Å². The summed E-state index contributed by atoms with van der Waals surface area (Å²) < 4.78 is 0.841. The molecule has 1 aliphatic rings. The number of carbonyl (C=O) groups excluding carboxylic acids is 3. The largest absolute Gasteiger partial charge is 0.368 e. The summed E-state index contributed by atoms with van der Waals surface area (Å²) in [4.78, 5) is 40.6. The van der Waals surface area contributed by atoms with Gasteiger partial charge in [0.1, 0.15) is 0 Å². The number of anilines is 1. The standard InChI is InChI=1S/C19H20BrClN4O3S/c20-16-5-4-15(29-16)19(28)23-11-17(26)22-12-18(27)25-8-6-24(7-9-25)14-3-1-2-13(21)10-14/h1-5,10H,6-9,11-12H2,(H,22,26)(H,23,28). The number of thiophene rings is 1. The minimum absolute atomic E-state index is 0.0869. The van der Waals surface area contributed by atoms with Crippen molar-refractivity contribution in [1.82, 2.24) is 15.5 Å². The molecule has 1 fully saturated rings. The third kappa shape index (κ3) is 6.19.